The van der Waals surface area contributed by atoms with E-state index in [1.807, 2.05) is 80.0 Å². The van der Waals surface area contributed by atoms with Crippen molar-refractivity contribution in [1.82, 2.24) is 29.4 Å². The third-order valence-electron chi connectivity index (χ3n) is 5.10. The first kappa shape index (κ1) is 18.9. The van der Waals surface area contributed by atoms with Gasteiger partial charge in [-0.25, -0.2) is 9.67 Å². The van der Waals surface area contributed by atoms with Gasteiger partial charge in [-0.15, -0.1) is 0 Å². The number of hydrogen-bond donors (Lipinski definition) is 0. The number of aromatic nitrogens is 5. The Hall–Kier alpha value is -3.48. The highest BCUT2D eigenvalue weighted by molar-refractivity contribution is 6.07. The summed E-state index contributed by atoms with van der Waals surface area (Å²) in [6, 6.07) is 11.7. The van der Waals surface area contributed by atoms with Crippen LogP contribution in [0.25, 0.3) is 28.0 Å². The SMILES string of the molecule is CCN(CC)C(=O)c1cc(-c2cnn(C)c2)nc2c1c(C)nn2-c1ccccc1. The van der Waals surface area contributed by atoms with E-state index in [9.17, 15) is 4.79 Å². The van der Waals surface area contributed by atoms with Crippen molar-refractivity contribution in [3.63, 3.8) is 0 Å². The average Bonchev–Trinajstić information content (AvgIpc) is 3.32. The summed E-state index contributed by atoms with van der Waals surface area (Å²) in [5.74, 6) is -0.0109. The van der Waals surface area contributed by atoms with Crippen molar-refractivity contribution in [3.05, 3.63) is 60.0 Å². The zero-order valence-corrected chi connectivity index (χ0v) is 17.1. The lowest BCUT2D eigenvalue weighted by Gasteiger charge is -2.19. The van der Waals surface area contributed by atoms with Gasteiger partial charge in [-0.05, 0) is 39.0 Å². The standard InChI is InChI=1S/C22H24N6O/c1-5-27(6-2)22(29)18-12-19(16-13-23-26(4)14-16)24-21-20(18)15(3)25-28(21)17-10-8-7-9-11-17/h7-14H,5-6H2,1-4H3. The van der Waals surface area contributed by atoms with Gasteiger partial charge in [0.05, 0.1) is 34.2 Å². The molecular weight excluding hydrogens is 364 g/mol. The number of aryl methyl sites for hydroxylation is 2. The van der Waals surface area contributed by atoms with Gasteiger partial charge in [0.25, 0.3) is 5.91 Å². The molecule has 0 spiro atoms. The third kappa shape index (κ3) is 3.29. The van der Waals surface area contributed by atoms with E-state index < -0.39 is 0 Å². The molecule has 0 bridgehead atoms. The van der Waals surface area contributed by atoms with Crippen molar-refractivity contribution < 1.29 is 4.79 Å². The van der Waals surface area contributed by atoms with Crippen molar-refractivity contribution in [2.45, 2.75) is 20.8 Å². The van der Waals surface area contributed by atoms with Crippen molar-refractivity contribution in [3.8, 4) is 16.9 Å². The Morgan fingerprint density at radius 3 is 2.48 bits per heavy atom. The average molecular weight is 388 g/mol. The molecule has 4 rings (SSSR count). The van der Waals surface area contributed by atoms with Crippen LogP contribution in [-0.2, 0) is 7.05 Å². The zero-order valence-electron chi connectivity index (χ0n) is 17.1. The molecule has 0 fully saturated rings. The normalized spacial score (nSPS) is 11.2. The molecule has 0 radical (unpaired) electrons. The molecule has 3 aromatic heterocycles. The summed E-state index contributed by atoms with van der Waals surface area (Å²) in [6.07, 6.45) is 3.66. The fourth-order valence-corrected chi connectivity index (χ4v) is 3.59. The van der Waals surface area contributed by atoms with Crippen LogP contribution in [0.2, 0.25) is 0 Å². The molecule has 0 saturated carbocycles. The van der Waals surface area contributed by atoms with Gasteiger partial charge in [0.2, 0.25) is 0 Å². The third-order valence-corrected chi connectivity index (χ3v) is 5.10. The Labute approximate surface area is 169 Å². The minimum atomic E-state index is -0.0109. The smallest absolute Gasteiger partial charge is 0.254 e. The quantitative estimate of drug-likeness (QED) is 0.524. The second-order valence-corrected chi connectivity index (χ2v) is 6.97. The highest BCUT2D eigenvalue weighted by Gasteiger charge is 2.23. The van der Waals surface area contributed by atoms with Gasteiger partial charge in [-0.3, -0.25) is 9.48 Å². The van der Waals surface area contributed by atoms with Gasteiger partial charge < -0.3 is 4.90 Å². The van der Waals surface area contributed by atoms with Crippen LogP contribution in [0.1, 0.15) is 29.9 Å². The Balaban J connectivity index is 2.02. The molecular formula is C22H24N6O. The Kier molecular flexibility index (Phi) is 4.88. The van der Waals surface area contributed by atoms with Gasteiger partial charge in [-0.2, -0.15) is 10.2 Å². The van der Waals surface area contributed by atoms with Crippen LogP contribution in [0.4, 0.5) is 0 Å². The molecule has 4 aromatic rings. The minimum absolute atomic E-state index is 0.0109. The number of hydrogen-bond acceptors (Lipinski definition) is 4. The van der Waals surface area contributed by atoms with E-state index in [4.69, 9.17) is 10.1 Å². The number of fused-ring (bicyclic) bond motifs is 1. The van der Waals surface area contributed by atoms with Crippen LogP contribution >= 0.6 is 0 Å². The van der Waals surface area contributed by atoms with Crippen molar-refractivity contribution in [2.24, 2.45) is 7.05 Å². The summed E-state index contributed by atoms with van der Waals surface area (Å²) in [7, 11) is 1.86. The summed E-state index contributed by atoms with van der Waals surface area (Å²) in [5, 5.41) is 9.77. The van der Waals surface area contributed by atoms with Crippen LogP contribution in [-0.4, -0.2) is 48.4 Å². The molecule has 0 aliphatic heterocycles. The molecule has 7 nitrogen and oxygen atoms in total. The lowest BCUT2D eigenvalue weighted by molar-refractivity contribution is 0.0775. The van der Waals surface area contributed by atoms with Gasteiger partial charge >= 0.3 is 0 Å². The van der Waals surface area contributed by atoms with Gasteiger partial charge in [0.15, 0.2) is 5.65 Å². The largest absolute Gasteiger partial charge is 0.339 e. The highest BCUT2D eigenvalue weighted by atomic mass is 16.2. The second kappa shape index (κ2) is 7.50. The monoisotopic (exact) mass is 388 g/mol. The van der Waals surface area contributed by atoms with E-state index in [1.54, 1.807) is 10.9 Å². The second-order valence-electron chi connectivity index (χ2n) is 6.97. The van der Waals surface area contributed by atoms with Crippen LogP contribution in [0.3, 0.4) is 0 Å². The molecule has 148 valence electrons. The van der Waals surface area contributed by atoms with Crippen molar-refractivity contribution in [1.29, 1.82) is 0 Å². The zero-order chi connectivity index (χ0) is 20.5. The molecule has 1 aromatic carbocycles. The van der Waals surface area contributed by atoms with E-state index in [0.29, 0.717) is 30.0 Å². The van der Waals surface area contributed by atoms with Gasteiger partial charge in [0.1, 0.15) is 0 Å². The lowest BCUT2D eigenvalue weighted by atomic mass is 10.1. The predicted molar refractivity (Wildman–Crippen MR) is 113 cm³/mol. The maximum Gasteiger partial charge on any atom is 0.254 e. The number of pyridine rings is 1. The number of amides is 1. The molecule has 1 amide bonds. The molecule has 0 N–H and O–H groups in total. The summed E-state index contributed by atoms with van der Waals surface area (Å²) < 4.78 is 3.54. The molecule has 0 unspecified atom stereocenters. The minimum Gasteiger partial charge on any atom is -0.339 e. The molecule has 0 saturated heterocycles. The van der Waals surface area contributed by atoms with E-state index in [0.717, 1.165) is 22.3 Å². The van der Waals surface area contributed by atoms with Crippen LogP contribution < -0.4 is 0 Å². The summed E-state index contributed by atoms with van der Waals surface area (Å²) in [5.41, 5.74) is 4.55. The predicted octanol–water partition coefficient (Wildman–Crippen LogP) is 3.61. The fraction of sp³-hybridized carbons (Fsp3) is 0.273. The van der Waals surface area contributed by atoms with Crippen LogP contribution in [0.5, 0.6) is 0 Å². The topological polar surface area (TPSA) is 68.8 Å². The first-order chi connectivity index (χ1) is 14.0. The number of carbonyl (C=O) groups excluding carboxylic acids is 1. The molecule has 29 heavy (non-hydrogen) atoms. The van der Waals surface area contributed by atoms with Crippen LogP contribution in [0.15, 0.2) is 48.8 Å². The fourth-order valence-electron chi connectivity index (χ4n) is 3.59. The summed E-state index contributed by atoms with van der Waals surface area (Å²) in [4.78, 5) is 20.1. The van der Waals surface area contributed by atoms with Crippen LogP contribution in [0, 0.1) is 6.92 Å². The number of nitrogens with zero attached hydrogens (tertiary/aromatic N) is 6. The van der Waals surface area contributed by atoms with E-state index in [1.165, 1.54) is 0 Å². The molecule has 7 heteroatoms. The maximum absolute atomic E-state index is 13.3. The molecule has 3 heterocycles. The summed E-state index contributed by atoms with van der Waals surface area (Å²) >= 11 is 0. The Morgan fingerprint density at radius 1 is 1.14 bits per heavy atom. The first-order valence-electron chi connectivity index (χ1n) is 9.77. The Morgan fingerprint density at radius 2 is 1.86 bits per heavy atom. The Bertz CT molecular complexity index is 1170. The number of para-hydroxylation sites is 1. The number of rotatable bonds is 5. The van der Waals surface area contributed by atoms with E-state index in [2.05, 4.69) is 5.10 Å². The maximum atomic E-state index is 13.3. The van der Waals surface area contributed by atoms with E-state index >= 15 is 0 Å². The lowest BCUT2D eigenvalue weighted by Crippen LogP contribution is -2.30. The molecule has 0 aliphatic rings. The summed E-state index contributed by atoms with van der Waals surface area (Å²) in [6.45, 7) is 7.19. The van der Waals surface area contributed by atoms with E-state index in [-0.39, 0.29) is 5.91 Å². The highest BCUT2D eigenvalue weighted by Crippen LogP contribution is 2.29. The number of carbonyl (C=O) groups is 1. The van der Waals surface area contributed by atoms with Gasteiger partial charge in [-0.1, -0.05) is 18.2 Å². The van der Waals surface area contributed by atoms with Crippen molar-refractivity contribution >= 4 is 16.9 Å². The first-order valence-corrected chi connectivity index (χ1v) is 9.77. The van der Waals surface area contributed by atoms with Crippen molar-refractivity contribution in [2.75, 3.05) is 13.1 Å². The molecule has 0 aliphatic carbocycles. The number of benzene rings is 1. The molecule has 0 atom stereocenters. The van der Waals surface area contributed by atoms with Gasteiger partial charge in [0, 0.05) is 31.9 Å².